The van der Waals surface area contributed by atoms with Gasteiger partial charge in [-0.15, -0.1) is 0 Å². The van der Waals surface area contributed by atoms with Gasteiger partial charge in [-0.25, -0.2) is 0 Å². The van der Waals surface area contributed by atoms with Crippen molar-refractivity contribution in [2.24, 2.45) is 5.92 Å². The number of anilines is 2. The maximum atomic E-state index is 11.6. The molecule has 0 bridgehead atoms. The number of carbonyl (C=O) groups is 1. The van der Waals surface area contributed by atoms with Crippen LogP contribution in [-0.4, -0.2) is 12.4 Å². The van der Waals surface area contributed by atoms with Crippen molar-refractivity contribution in [3.8, 4) is 5.75 Å². The Labute approximate surface area is 196 Å². The van der Waals surface area contributed by atoms with Crippen molar-refractivity contribution in [3.05, 3.63) is 102 Å². The molecule has 0 aliphatic heterocycles. The zero-order valence-electron chi connectivity index (χ0n) is 19.6. The minimum Gasteiger partial charge on any atom is -0.486 e. The molecule has 0 unspecified atom stereocenters. The molecule has 0 amide bonds. The van der Waals surface area contributed by atoms with E-state index in [4.69, 9.17) is 4.74 Å². The van der Waals surface area contributed by atoms with Gasteiger partial charge in [0.25, 0.3) is 0 Å². The largest absolute Gasteiger partial charge is 0.486 e. The lowest BCUT2D eigenvalue weighted by atomic mass is 9.97. The lowest BCUT2D eigenvalue weighted by molar-refractivity contribution is -0.118. The first-order valence-electron chi connectivity index (χ1n) is 11.6. The fraction of sp³-hybridized carbons (Fsp3) is 0.233. The summed E-state index contributed by atoms with van der Waals surface area (Å²) in [6.45, 7) is 6.10. The fourth-order valence-corrected chi connectivity index (χ4v) is 4.18. The van der Waals surface area contributed by atoms with Crippen LogP contribution in [0.4, 0.5) is 11.4 Å². The number of hydrogen-bond acceptors (Lipinski definition) is 3. The Hall–Kier alpha value is -3.59. The van der Waals surface area contributed by atoms with E-state index in [1.807, 2.05) is 12.1 Å². The number of benzene rings is 4. The standard InChI is InChI=1S/C30H31NO2/c1-21(2)17-25-10-5-7-14-29(25)31-27-15-16-30(33-20-22(3)32)26(19-27)18-24-12-8-11-23-9-4-6-13-28(23)24/h4-16,19,21,31H,17-18,20H2,1-3H3. The van der Waals surface area contributed by atoms with E-state index in [1.54, 1.807) is 6.92 Å². The quantitative estimate of drug-likeness (QED) is 0.298. The third kappa shape index (κ3) is 5.81. The molecule has 3 nitrogen and oxygen atoms in total. The number of hydrogen-bond donors (Lipinski definition) is 1. The third-order valence-corrected chi connectivity index (χ3v) is 5.68. The summed E-state index contributed by atoms with van der Waals surface area (Å²) in [5.74, 6) is 1.34. The monoisotopic (exact) mass is 437 g/mol. The smallest absolute Gasteiger partial charge is 0.167 e. The summed E-state index contributed by atoms with van der Waals surface area (Å²) in [5.41, 5.74) is 5.73. The maximum absolute atomic E-state index is 11.6. The molecule has 4 rings (SSSR count). The van der Waals surface area contributed by atoms with Crippen LogP contribution >= 0.6 is 0 Å². The average Bonchev–Trinajstić information content (AvgIpc) is 2.80. The summed E-state index contributed by atoms with van der Waals surface area (Å²) in [6.07, 6.45) is 1.74. The molecule has 0 aliphatic carbocycles. The molecule has 1 N–H and O–H groups in total. The molecular weight excluding hydrogens is 406 g/mol. The number of nitrogens with one attached hydrogen (secondary N) is 1. The number of Topliss-reactive ketones (excluding diaryl/α,β-unsaturated/α-hetero) is 1. The molecule has 0 heterocycles. The lowest BCUT2D eigenvalue weighted by Gasteiger charge is -2.17. The van der Waals surface area contributed by atoms with Gasteiger partial charge in [-0.2, -0.15) is 0 Å². The fourth-order valence-electron chi connectivity index (χ4n) is 4.18. The van der Waals surface area contributed by atoms with Crippen LogP contribution in [0.3, 0.4) is 0 Å². The van der Waals surface area contributed by atoms with Crippen molar-refractivity contribution in [2.75, 3.05) is 11.9 Å². The number of carbonyl (C=O) groups excluding carboxylic acids is 1. The maximum Gasteiger partial charge on any atom is 0.167 e. The number of rotatable bonds is 9. The predicted octanol–water partition coefficient (Wildman–Crippen LogP) is 7.34. The van der Waals surface area contributed by atoms with E-state index in [2.05, 4.69) is 92.0 Å². The molecule has 0 spiro atoms. The van der Waals surface area contributed by atoms with Crippen molar-refractivity contribution in [2.45, 2.75) is 33.6 Å². The number of ketones is 1. The van der Waals surface area contributed by atoms with Crippen molar-refractivity contribution < 1.29 is 9.53 Å². The molecule has 4 aromatic rings. The molecule has 0 atom stereocenters. The number of fused-ring (bicyclic) bond motifs is 1. The molecule has 4 aromatic carbocycles. The van der Waals surface area contributed by atoms with Gasteiger partial charge in [-0.1, -0.05) is 74.5 Å². The van der Waals surface area contributed by atoms with Crippen LogP contribution in [0.25, 0.3) is 10.8 Å². The molecule has 0 saturated heterocycles. The highest BCUT2D eigenvalue weighted by atomic mass is 16.5. The van der Waals surface area contributed by atoms with Crippen molar-refractivity contribution >= 4 is 27.9 Å². The highest BCUT2D eigenvalue weighted by Crippen LogP contribution is 2.31. The highest BCUT2D eigenvalue weighted by Gasteiger charge is 2.11. The van der Waals surface area contributed by atoms with Crippen molar-refractivity contribution in [1.82, 2.24) is 0 Å². The van der Waals surface area contributed by atoms with Gasteiger partial charge >= 0.3 is 0 Å². The Morgan fingerprint density at radius 1 is 0.848 bits per heavy atom. The minimum absolute atomic E-state index is 0.0101. The SMILES string of the molecule is CC(=O)COc1ccc(Nc2ccccc2CC(C)C)cc1Cc1cccc2ccccc12. The zero-order valence-corrected chi connectivity index (χ0v) is 19.6. The van der Waals surface area contributed by atoms with Gasteiger partial charge in [0.1, 0.15) is 12.4 Å². The van der Waals surface area contributed by atoms with Gasteiger partial charge in [0, 0.05) is 23.4 Å². The van der Waals surface area contributed by atoms with Crippen LogP contribution < -0.4 is 10.1 Å². The molecular formula is C30H31NO2. The molecule has 0 aliphatic rings. The van der Waals surface area contributed by atoms with E-state index in [0.29, 0.717) is 5.92 Å². The normalized spacial score (nSPS) is 11.0. The van der Waals surface area contributed by atoms with Gasteiger partial charge in [-0.3, -0.25) is 4.79 Å². The van der Waals surface area contributed by atoms with Gasteiger partial charge in [-0.05, 0) is 65.4 Å². The Bertz CT molecular complexity index is 1250. The van der Waals surface area contributed by atoms with Crippen LogP contribution in [0.2, 0.25) is 0 Å². The highest BCUT2D eigenvalue weighted by molar-refractivity contribution is 5.86. The minimum atomic E-state index is 0.0101. The molecule has 0 fully saturated rings. The number of para-hydroxylation sites is 1. The summed E-state index contributed by atoms with van der Waals surface area (Å²) in [4.78, 5) is 11.6. The van der Waals surface area contributed by atoms with Gasteiger partial charge in [0.15, 0.2) is 5.78 Å². The van der Waals surface area contributed by atoms with Gasteiger partial charge in [0.05, 0.1) is 0 Å². The molecule has 0 radical (unpaired) electrons. The van der Waals surface area contributed by atoms with E-state index in [1.165, 1.54) is 21.9 Å². The predicted molar refractivity (Wildman–Crippen MR) is 138 cm³/mol. The topological polar surface area (TPSA) is 38.3 Å². The van der Waals surface area contributed by atoms with Crippen molar-refractivity contribution in [1.29, 1.82) is 0 Å². The summed E-state index contributed by atoms with van der Waals surface area (Å²) in [6, 6.07) is 29.4. The first-order valence-corrected chi connectivity index (χ1v) is 11.6. The van der Waals surface area contributed by atoms with E-state index >= 15 is 0 Å². The first kappa shape index (κ1) is 22.6. The van der Waals surface area contributed by atoms with Gasteiger partial charge < -0.3 is 10.1 Å². The van der Waals surface area contributed by atoms with Crippen LogP contribution in [0.5, 0.6) is 5.75 Å². The van der Waals surface area contributed by atoms with Crippen LogP contribution in [-0.2, 0) is 17.6 Å². The molecule has 0 saturated carbocycles. The summed E-state index contributed by atoms with van der Waals surface area (Å²) in [7, 11) is 0. The first-order chi connectivity index (χ1) is 16.0. The average molecular weight is 438 g/mol. The Morgan fingerprint density at radius 2 is 1.58 bits per heavy atom. The van der Waals surface area contributed by atoms with Gasteiger partial charge in [0.2, 0.25) is 0 Å². The number of ether oxygens (including phenoxy) is 1. The Kier molecular flexibility index (Phi) is 7.09. The lowest BCUT2D eigenvalue weighted by Crippen LogP contribution is -2.08. The molecule has 168 valence electrons. The van der Waals surface area contributed by atoms with E-state index in [0.717, 1.165) is 35.5 Å². The second kappa shape index (κ2) is 10.4. The third-order valence-electron chi connectivity index (χ3n) is 5.68. The second-order valence-electron chi connectivity index (χ2n) is 9.01. The van der Waals surface area contributed by atoms with Crippen LogP contribution in [0.15, 0.2) is 84.9 Å². The van der Waals surface area contributed by atoms with Crippen LogP contribution in [0, 0.1) is 5.92 Å². The van der Waals surface area contributed by atoms with E-state index in [9.17, 15) is 4.79 Å². The van der Waals surface area contributed by atoms with Crippen molar-refractivity contribution in [3.63, 3.8) is 0 Å². The Balaban J connectivity index is 1.69. The molecule has 3 heteroatoms. The van der Waals surface area contributed by atoms with E-state index < -0.39 is 0 Å². The summed E-state index contributed by atoms with van der Waals surface area (Å²) >= 11 is 0. The van der Waals surface area contributed by atoms with E-state index in [-0.39, 0.29) is 12.4 Å². The Morgan fingerprint density at radius 3 is 2.39 bits per heavy atom. The second-order valence-corrected chi connectivity index (χ2v) is 9.01. The molecule has 0 aromatic heterocycles. The summed E-state index contributed by atoms with van der Waals surface area (Å²) < 4.78 is 5.89. The summed E-state index contributed by atoms with van der Waals surface area (Å²) in [5, 5.41) is 6.07. The molecule has 33 heavy (non-hydrogen) atoms. The van der Waals surface area contributed by atoms with Crippen LogP contribution in [0.1, 0.15) is 37.5 Å². The zero-order chi connectivity index (χ0) is 23.2.